The summed E-state index contributed by atoms with van der Waals surface area (Å²) in [6.07, 6.45) is 11.6. The van der Waals surface area contributed by atoms with E-state index in [-0.39, 0.29) is 12.4 Å². The number of rotatable bonds is 8. The number of unbranched alkanes of at least 4 members (excludes halogenated alkanes) is 3. The van der Waals surface area contributed by atoms with Gasteiger partial charge in [-0.25, -0.2) is 4.39 Å². The van der Waals surface area contributed by atoms with E-state index >= 15 is 0 Å². The molecule has 0 unspecified atom stereocenters. The smallest absolute Gasteiger partial charge is 0.123 e. The summed E-state index contributed by atoms with van der Waals surface area (Å²) in [5, 5.41) is 8.86. The molecule has 0 aliphatic heterocycles. The molecule has 0 fully saturated rings. The summed E-state index contributed by atoms with van der Waals surface area (Å²) in [5.74, 6) is -0.215. The van der Waals surface area contributed by atoms with Crippen molar-refractivity contribution in [2.45, 2.75) is 39.0 Å². The summed E-state index contributed by atoms with van der Waals surface area (Å²) in [6.45, 7) is 2.25. The fraction of sp³-hybridized carbons (Fsp3) is 0.412. The third-order valence-electron chi connectivity index (χ3n) is 2.98. The van der Waals surface area contributed by atoms with Crippen molar-refractivity contribution in [1.82, 2.24) is 0 Å². The summed E-state index contributed by atoms with van der Waals surface area (Å²) >= 11 is 0. The second kappa shape index (κ2) is 9.51. The van der Waals surface area contributed by atoms with Crippen LogP contribution in [0.5, 0.6) is 0 Å². The summed E-state index contributed by atoms with van der Waals surface area (Å²) in [4.78, 5) is 0. The van der Waals surface area contributed by atoms with E-state index in [0.717, 1.165) is 18.4 Å². The molecule has 0 saturated heterocycles. The molecule has 104 valence electrons. The van der Waals surface area contributed by atoms with Crippen LogP contribution in [0.2, 0.25) is 0 Å². The van der Waals surface area contributed by atoms with E-state index in [1.54, 1.807) is 18.2 Å². The third kappa shape index (κ3) is 6.92. The largest absolute Gasteiger partial charge is 0.392 e. The Morgan fingerprint density at radius 3 is 2.53 bits per heavy atom. The summed E-state index contributed by atoms with van der Waals surface area (Å²) < 4.78 is 12.8. The Labute approximate surface area is 115 Å². The normalized spacial score (nSPS) is 12.3. The van der Waals surface area contributed by atoms with Crippen LogP contribution in [0.4, 0.5) is 4.39 Å². The number of benzene rings is 1. The number of hydrogen-bond acceptors (Lipinski definition) is 1. The van der Waals surface area contributed by atoms with Gasteiger partial charge in [0.1, 0.15) is 5.82 Å². The number of hydrogen-bond donors (Lipinski definition) is 1. The fourth-order valence-corrected chi connectivity index (χ4v) is 1.94. The molecule has 2 heteroatoms. The topological polar surface area (TPSA) is 20.2 Å². The van der Waals surface area contributed by atoms with E-state index < -0.39 is 0 Å². The van der Waals surface area contributed by atoms with Crippen molar-refractivity contribution in [2.24, 2.45) is 0 Å². The van der Waals surface area contributed by atoms with Gasteiger partial charge >= 0.3 is 0 Å². The van der Waals surface area contributed by atoms with Gasteiger partial charge in [-0.3, -0.25) is 0 Å². The second-order valence-corrected chi connectivity index (χ2v) is 4.67. The van der Waals surface area contributed by atoms with Crippen LogP contribution < -0.4 is 0 Å². The van der Waals surface area contributed by atoms with Gasteiger partial charge in [0, 0.05) is 0 Å². The molecule has 0 spiro atoms. The number of aliphatic hydroxyl groups excluding tert-OH is 1. The van der Waals surface area contributed by atoms with Gasteiger partial charge in [0.15, 0.2) is 0 Å². The lowest BCUT2D eigenvalue weighted by molar-refractivity contribution is 0.342. The third-order valence-corrected chi connectivity index (χ3v) is 2.98. The Morgan fingerprint density at radius 2 is 1.89 bits per heavy atom. The van der Waals surface area contributed by atoms with Crippen molar-refractivity contribution >= 4 is 6.08 Å². The van der Waals surface area contributed by atoms with Crippen molar-refractivity contribution in [3.05, 3.63) is 53.4 Å². The molecule has 1 N–H and O–H groups in total. The van der Waals surface area contributed by atoms with Gasteiger partial charge in [0.25, 0.3) is 0 Å². The van der Waals surface area contributed by atoms with Crippen LogP contribution >= 0.6 is 0 Å². The highest BCUT2D eigenvalue weighted by molar-refractivity contribution is 5.55. The van der Waals surface area contributed by atoms with Gasteiger partial charge in [0.2, 0.25) is 0 Å². The molecule has 1 aromatic rings. The van der Waals surface area contributed by atoms with Gasteiger partial charge in [0.05, 0.1) is 6.61 Å². The van der Waals surface area contributed by atoms with Crippen molar-refractivity contribution in [3.63, 3.8) is 0 Å². The second-order valence-electron chi connectivity index (χ2n) is 4.67. The maximum Gasteiger partial charge on any atom is 0.123 e. The molecule has 0 heterocycles. The summed E-state index contributed by atoms with van der Waals surface area (Å²) in [7, 11) is 0. The Morgan fingerprint density at radius 1 is 1.16 bits per heavy atom. The lowest BCUT2D eigenvalue weighted by Gasteiger charge is -2.03. The minimum absolute atomic E-state index is 0.0513. The lowest BCUT2D eigenvalue weighted by Crippen LogP contribution is -1.84. The van der Waals surface area contributed by atoms with Crippen molar-refractivity contribution in [1.29, 1.82) is 0 Å². The van der Waals surface area contributed by atoms with Gasteiger partial charge in [-0.15, -0.1) is 0 Å². The van der Waals surface area contributed by atoms with Gasteiger partial charge in [-0.05, 0) is 36.1 Å². The molecule has 1 nitrogen and oxygen atoms in total. The van der Waals surface area contributed by atoms with Crippen LogP contribution in [0.3, 0.4) is 0 Å². The minimum atomic E-state index is -0.215. The standard InChI is InChI=1S/C17H23FO/c1-2-3-4-5-7-15(8-6-13-19)14-16-9-11-17(18)12-10-16/h6,8-12,14,19H,2-5,7,13H2,1H3/b8-6+,15-14?. The molecule has 0 aliphatic carbocycles. The van der Waals surface area contributed by atoms with Crippen molar-refractivity contribution in [2.75, 3.05) is 6.61 Å². The van der Waals surface area contributed by atoms with Crippen molar-refractivity contribution in [3.8, 4) is 0 Å². The predicted molar refractivity (Wildman–Crippen MR) is 79.4 cm³/mol. The molecule has 1 aromatic carbocycles. The molecule has 0 radical (unpaired) electrons. The highest BCUT2D eigenvalue weighted by Gasteiger charge is 1.96. The fourth-order valence-electron chi connectivity index (χ4n) is 1.94. The van der Waals surface area contributed by atoms with Crippen LogP contribution in [0.1, 0.15) is 44.6 Å². The maximum atomic E-state index is 12.8. The Kier molecular flexibility index (Phi) is 7.83. The lowest BCUT2D eigenvalue weighted by atomic mass is 10.0. The van der Waals surface area contributed by atoms with Crippen LogP contribution in [0, 0.1) is 5.82 Å². The zero-order chi connectivity index (χ0) is 13.9. The number of aliphatic hydroxyl groups is 1. The van der Waals surface area contributed by atoms with E-state index in [0.29, 0.717) is 0 Å². The van der Waals surface area contributed by atoms with Gasteiger partial charge < -0.3 is 5.11 Å². The van der Waals surface area contributed by atoms with E-state index in [1.807, 2.05) is 6.08 Å². The van der Waals surface area contributed by atoms with Crippen LogP contribution in [-0.4, -0.2) is 11.7 Å². The molecule has 0 saturated carbocycles. The summed E-state index contributed by atoms with van der Waals surface area (Å²) in [6, 6.07) is 6.48. The zero-order valence-electron chi connectivity index (χ0n) is 11.6. The molecule has 0 aromatic heterocycles. The summed E-state index contributed by atoms with van der Waals surface area (Å²) in [5.41, 5.74) is 2.17. The first-order valence-corrected chi connectivity index (χ1v) is 6.99. The highest BCUT2D eigenvalue weighted by Crippen LogP contribution is 2.16. The molecule has 1 rings (SSSR count). The first kappa shape index (κ1) is 15.6. The quantitative estimate of drug-likeness (QED) is 0.530. The van der Waals surface area contributed by atoms with Crippen LogP contribution in [0.15, 0.2) is 42.0 Å². The molecular weight excluding hydrogens is 239 g/mol. The average molecular weight is 262 g/mol. The molecule has 0 aliphatic rings. The monoisotopic (exact) mass is 262 g/mol. The molecule has 19 heavy (non-hydrogen) atoms. The first-order valence-electron chi connectivity index (χ1n) is 6.99. The van der Waals surface area contributed by atoms with Crippen molar-refractivity contribution < 1.29 is 9.50 Å². The van der Waals surface area contributed by atoms with E-state index in [2.05, 4.69) is 13.0 Å². The first-order chi connectivity index (χ1) is 9.26. The van der Waals surface area contributed by atoms with Gasteiger partial charge in [-0.1, -0.05) is 56.5 Å². The van der Waals surface area contributed by atoms with Crippen LogP contribution in [-0.2, 0) is 0 Å². The van der Waals surface area contributed by atoms with Crippen LogP contribution in [0.25, 0.3) is 6.08 Å². The SMILES string of the molecule is CCCCCCC(=Cc1ccc(F)cc1)/C=C/CO. The highest BCUT2D eigenvalue weighted by atomic mass is 19.1. The van der Waals surface area contributed by atoms with Gasteiger partial charge in [-0.2, -0.15) is 0 Å². The Balaban J connectivity index is 2.66. The van der Waals surface area contributed by atoms with E-state index in [9.17, 15) is 4.39 Å². The number of allylic oxidation sites excluding steroid dienone is 2. The number of halogens is 1. The van der Waals surface area contributed by atoms with E-state index in [4.69, 9.17) is 5.11 Å². The molecular formula is C17H23FO. The van der Waals surface area contributed by atoms with E-state index in [1.165, 1.54) is 37.0 Å². The Hall–Kier alpha value is -1.41. The molecule has 0 bridgehead atoms. The Bertz CT molecular complexity index is 404. The minimum Gasteiger partial charge on any atom is -0.392 e. The maximum absolute atomic E-state index is 12.8. The molecule has 0 atom stereocenters. The predicted octanol–water partition coefficient (Wildman–Crippen LogP) is 4.73. The average Bonchev–Trinajstić information content (AvgIpc) is 2.43. The zero-order valence-corrected chi connectivity index (χ0v) is 11.6. The molecule has 0 amide bonds.